The maximum atomic E-state index is 5.86. The Morgan fingerprint density at radius 2 is 2.33 bits per heavy atom. The molecule has 0 spiro atoms. The lowest BCUT2D eigenvalue weighted by atomic mass is 10.2. The minimum atomic E-state index is 0.193. The van der Waals surface area contributed by atoms with Gasteiger partial charge in [0.15, 0.2) is 0 Å². The zero-order valence-corrected chi connectivity index (χ0v) is 13.0. The number of rotatable bonds is 7. The number of pyridine rings is 1. The van der Waals surface area contributed by atoms with Crippen LogP contribution in [0.5, 0.6) is 5.88 Å². The molecule has 6 nitrogen and oxygen atoms in total. The molecule has 0 bridgehead atoms. The Morgan fingerprint density at radius 1 is 1.48 bits per heavy atom. The molecule has 1 saturated heterocycles. The van der Waals surface area contributed by atoms with Crippen LogP contribution in [0.15, 0.2) is 12.1 Å². The molecule has 1 aromatic rings. The van der Waals surface area contributed by atoms with Gasteiger partial charge in [0.1, 0.15) is 5.82 Å². The first-order chi connectivity index (χ1) is 10.2. The molecule has 2 rings (SSSR count). The predicted molar refractivity (Wildman–Crippen MR) is 84.8 cm³/mol. The molecular formula is C15H26N4O2. The number of ether oxygens (including phenoxy) is 2. The SMILES string of the molecule is CCCOc1nc(NCC2CN(CC)CCO2)ccc1N. The van der Waals surface area contributed by atoms with Crippen LogP contribution < -0.4 is 15.8 Å². The molecule has 0 radical (unpaired) electrons. The molecule has 118 valence electrons. The number of hydrogen-bond acceptors (Lipinski definition) is 6. The molecular weight excluding hydrogens is 268 g/mol. The van der Waals surface area contributed by atoms with E-state index in [4.69, 9.17) is 15.2 Å². The topological polar surface area (TPSA) is 72.6 Å². The molecule has 0 amide bonds. The summed E-state index contributed by atoms with van der Waals surface area (Å²) in [5, 5.41) is 3.30. The van der Waals surface area contributed by atoms with Crippen LogP contribution >= 0.6 is 0 Å². The summed E-state index contributed by atoms with van der Waals surface area (Å²) in [6.45, 7) is 9.42. The van der Waals surface area contributed by atoms with Crippen LogP contribution in [-0.2, 0) is 4.74 Å². The van der Waals surface area contributed by atoms with E-state index >= 15 is 0 Å². The number of nitrogen functional groups attached to an aromatic ring is 1. The third-order valence-corrected chi connectivity index (χ3v) is 3.51. The Morgan fingerprint density at radius 3 is 3.10 bits per heavy atom. The highest BCUT2D eigenvalue weighted by molar-refractivity contribution is 5.53. The van der Waals surface area contributed by atoms with Crippen molar-refractivity contribution in [1.82, 2.24) is 9.88 Å². The van der Waals surface area contributed by atoms with Gasteiger partial charge in [0.2, 0.25) is 5.88 Å². The molecule has 1 aliphatic heterocycles. The first-order valence-electron chi connectivity index (χ1n) is 7.70. The van der Waals surface area contributed by atoms with E-state index in [1.165, 1.54) is 0 Å². The van der Waals surface area contributed by atoms with E-state index in [1.807, 2.05) is 12.1 Å². The number of anilines is 2. The lowest BCUT2D eigenvalue weighted by Crippen LogP contribution is -2.45. The average molecular weight is 294 g/mol. The Kier molecular flexibility index (Phi) is 6.07. The van der Waals surface area contributed by atoms with Crippen molar-refractivity contribution in [1.29, 1.82) is 0 Å². The molecule has 1 aliphatic rings. The van der Waals surface area contributed by atoms with Crippen molar-refractivity contribution in [2.45, 2.75) is 26.4 Å². The molecule has 2 heterocycles. The quantitative estimate of drug-likeness (QED) is 0.795. The summed E-state index contributed by atoms with van der Waals surface area (Å²) in [6.07, 6.45) is 1.12. The third kappa shape index (κ3) is 4.75. The van der Waals surface area contributed by atoms with Crippen molar-refractivity contribution in [3.63, 3.8) is 0 Å². The molecule has 0 saturated carbocycles. The maximum absolute atomic E-state index is 5.86. The largest absolute Gasteiger partial charge is 0.476 e. The van der Waals surface area contributed by atoms with Crippen LogP contribution in [0.4, 0.5) is 11.5 Å². The summed E-state index contributed by atoms with van der Waals surface area (Å²) in [5.41, 5.74) is 6.43. The Labute approximate surface area is 126 Å². The van der Waals surface area contributed by atoms with Gasteiger partial charge in [-0.3, -0.25) is 4.90 Å². The Hall–Kier alpha value is -1.53. The number of nitrogens with one attached hydrogen (secondary N) is 1. The molecule has 0 aromatic carbocycles. The molecule has 21 heavy (non-hydrogen) atoms. The van der Waals surface area contributed by atoms with Gasteiger partial charge in [-0.2, -0.15) is 4.98 Å². The summed E-state index contributed by atoms with van der Waals surface area (Å²) in [5.74, 6) is 1.27. The van der Waals surface area contributed by atoms with Crippen molar-refractivity contribution in [3.05, 3.63) is 12.1 Å². The second-order valence-electron chi connectivity index (χ2n) is 5.21. The molecule has 6 heteroatoms. The fraction of sp³-hybridized carbons (Fsp3) is 0.667. The lowest BCUT2D eigenvalue weighted by Gasteiger charge is -2.32. The van der Waals surface area contributed by atoms with Gasteiger partial charge in [-0.25, -0.2) is 0 Å². The van der Waals surface area contributed by atoms with Crippen molar-refractivity contribution >= 4 is 11.5 Å². The minimum Gasteiger partial charge on any atom is -0.476 e. The van der Waals surface area contributed by atoms with Gasteiger partial charge in [0, 0.05) is 19.6 Å². The van der Waals surface area contributed by atoms with Crippen LogP contribution in [0.1, 0.15) is 20.3 Å². The Bertz CT molecular complexity index is 442. The smallest absolute Gasteiger partial charge is 0.239 e. The zero-order valence-electron chi connectivity index (χ0n) is 13.0. The molecule has 0 aliphatic carbocycles. The van der Waals surface area contributed by atoms with Gasteiger partial charge in [0.25, 0.3) is 0 Å². The molecule has 1 unspecified atom stereocenters. The summed E-state index contributed by atoms with van der Waals surface area (Å²) in [7, 11) is 0. The van der Waals surface area contributed by atoms with Crippen LogP contribution in [-0.4, -0.2) is 55.4 Å². The van der Waals surface area contributed by atoms with E-state index in [0.717, 1.165) is 45.0 Å². The van der Waals surface area contributed by atoms with Gasteiger partial charge < -0.3 is 20.5 Å². The minimum absolute atomic E-state index is 0.193. The van der Waals surface area contributed by atoms with E-state index in [1.54, 1.807) is 0 Å². The highest BCUT2D eigenvalue weighted by Gasteiger charge is 2.19. The van der Waals surface area contributed by atoms with E-state index in [9.17, 15) is 0 Å². The lowest BCUT2D eigenvalue weighted by molar-refractivity contribution is -0.0192. The molecule has 1 atom stereocenters. The highest BCUT2D eigenvalue weighted by atomic mass is 16.5. The van der Waals surface area contributed by atoms with Gasteiger partial charge in [-0.05, 0) is 25.1 Å². The van der Waals surface area contributed by atoms with Crippen LogP contribution in [0.2, 0.25) is 0 Å². The average Bonchev–Trinajstić information content (AvgIpc) is 2.53. The van der Waals surface area contributed by atoms with Crippen molar-refractivity contribution < 1.29 is 9.47 Å². The predicted octanol–water partition coefficient (Wildman–Crippen LogP) is 1.59. The standard InChI is InChI=1S/C15H26N4O2/c1-3-8-21-15-13(16)5-6-14(18-15)17-10-12-11-19(4-2)7-9-20-12/h5-6,12H,3-4,7-11,16H2,1-2H3,(H,17,18). The monoisotopic (exact) mass is 294 g/mol. The zero-order chi connectivity index (χ0) is 15.1. The second-order valence-corrected chi connectivity index (χ2v) is 5.21. The van der Waals surface area contributed by atoms with Crippen molar-refractivity contribution in [2.75, 3.05) is 50.4 Å². The number of hydrogen-bond donors (Lipinski definition) is 2. The van der Waals surface area contributed by atoms with Gasteiger partial charge in [-0.15, -0.1) is 0 Å². The number of likely N-dealkylation sites (N-methyl/N-ethyl adjacent to an activating group) is 1. The summed E-state index contributed by atoms with van der Waals surface area (Å²) < 4.78 is 11.3. The van der Waals surface area contributed by atoms with E-state index < -0.39 is 0 Å². The van der Waals surface area contributed by atoms with E-state index in [0.29, 0.717) is 18.2 Å². The van der Waals surface area contributed by atoms with E-state index in [2.05, 4.69) is 29.0 Å². The highest BCUT2D eigenvalue weighted by Crippen LogP contribution is 2.21. The first-order valence-corrected chi connectivity index (χ1v) is 7.70. The summed E-state index contributed by atoms with van der Waals surface area (Å²) in [4.78, 5) is 6.80. The number of nitrogens with two attached hydrogens (primary N) is 1. The third-order valence-electron chi connectivity index (χ3n) is 3.51. The van der Waals surface area contributed by atoms with Crippen LogP contribution in [0.3, 0.4) is 0 Å². The van der Waals surface area contributed by atoms with Gasteiger partial charge in [0.05, 0.1) is 25.0 Å². The first kappa shape index (κ1) is 15.9. The van der Waals surface area contributed by atoms with Gasteiger partial charge in [-0.1, -0.05) is 13.8 Å². The fourth-order valence-electron chi connectivity index (χ4n) is 2.27. The maximum Gasteiger partial charge on any atom is 0.239 e. The van der Waals surface area contributed by atoms with Crippen molar-refractivity contribution in [2.24, 2.45) is 0 Å². The molecule has 1 fully saturated rings. The number of morpholine rings is 1. The normalized spacial score (nSPS) is 19.4. The second kappa shape index (κ2) is 8.05. The molecule has 3 N–H and O–H groups in total. The van der Waals surface area contributed by atoms with E-state index in [-0.39, 0.29) is 6.10 Å². The summed E-state index contributed by atoms with van der Waals surface area (Å²) in [6, 6.07) is 3.69. The van der Waals surface area contributed by atoms with Crippen LogP contribution in [0, 0.1) is 0 Å². The van der Waals surface area contributed by atoms with Crippen molar-refractivity contribution in [3.8, 4) is 5.88 Å². The van der Waals surface area contributed by atoms with Crippen LogP contribution in [0.25, 0.3) is 0 Å². The number of aromatic nitrogens is 1. The fourth-order valence-corrected chi connectivity index (χ4v) is 2.27. The van der Waals surface area contributed by atoms with Gasteiger partial charge >= 0.3 is 0 Å². The molecule has 1 aromatic heterocycles. The number of nitrogens with zero attached hydrogens (tertiary/aromatic N) is 2. The Balaban J connectivity index is 1.87. The summed E-state index contributed by atoms with van der Waals surface area (Å²) >= 11 is 0.